The largest absolute Gasteiger partial charge is 0.397 e. The fourth-order valence-electron chi connectivity index (χ4n) is 1.78. The number of hydrogen-bond acceptors (Lipinski definition) is 2. The second kappa shape index (κ2) is 4.64. The van der Waals surface area contributed by atoms with Crippen LogP contribution in [0.25, 0.3) is 0 Å². The van der Waals surface area contributed by atoms with Crippen molar-refractivity contribution in [2.45, 2.75) is 6.92 Å². The molecule has 2 N–H and O–H groups in total. The first-order valence-corrected chi connectivity index (χ1v) is 5.54. The van der Waals surface area contributed by atoms with E-state index in [1.54, 1.807) is 37.1 Å². The predicted octanol–water partition coefficient (Wildman–Crippen LogP) is 3.62. The standard InChI is InChI=1S/C14H14F2N2/c1-9-7-14(13(17)8-12(9)16)18(2)11-5-3-10(15)4-6-11/h3-8H,17H2,1-2H3. The van der Waals surface area contributed by atoms with Gasteiger partial charge in [0.15, 0.2) is 0 Å². The molecule has 0 atom stereocenters. The predicted molar refractivity (Wildman–Crippen MR) is 70.0 cm³/mol. The summed E-state index contributed by atoms with van der Waals surface area (Å²) in [5, 5.41) is 0. The number of halogens is 2. The third-order valence-corrected chi connectivity index (χ3v) is 2.88. The van der Waals surface area contributed by atoms with Crippen LogP contribution in [0.5, 0.6) is 0 Å². The average molecular weight is 248 g/mol. The molecule has 2 nitrogen and oxygen atoms in total. The fourth-order valence-corrected chi connectivity index (χ4v) is 1.78. The van der Waals surface area contributed by atoms with Crippen LogP contribution in [-0.2, 0) is 0 Å². The molecule has 2 aromatic rings. The van der Waals surface area contributed by atoms with E-state index < -0.39 is 0 Å². The van der Waals surface area contributed by atoms with Crippen molar-refractivity contribution in [1.29, 1.82) is 0 Å². The molecule has 94 valence electrons. The Kier molecular flexibility index (Phi) is 3.19. The SMILES string of the molecule is Cc1cc(N(C)c2ccc(F)cc2)c(N)cc1F. The normalized spacial score (nSPS) is 10.4. The van der Waals surface area contributed by atoms with Crippen molar-refractivity contribution in [1.82, 2.24) is 0 Å². The minimum atomic E-state index is -0.330. The summed E-state index contributed by atoms with van der Waals surface area (Å²) < 4.78 is 26.2. The van der Waals surface area contributed by atoms with Gasteiger partial charge in [-0.3, -0.25) is 0 Å². The zero-order valence-electron chi connectivity index (χ0n) is 10.2. The van der Waals surface area contributed by atoms with Crippen LogP contribution in [-0.4, -0.2) is 7.05 Å². The van der Waals surface area contributed by atoms with Gasteiger partial charge in [0.1, 0.15) is 11.6 Å². The lowest BCUT2D eigenvalue weighted by Gasteiger charge is -2.22. The molecule has 2 aromatic carbocycles. The summed E-state index contributed by atoms with van der Waals surface area (Å²) in [7, 11) is 1.80. The molecule has 0 radical (unpaired) electrons. The zero-order valence-corrected chi connectivity index (χ0v) is 10.2. The van der Waals surface area contributed by atoms with Gasteiger partial charge in [0.2, 0.25) is 0 Å². The third-order valence-electron chi connectivity index (χ3n) is 2.88. The summed E-state index contributed by atoms with van der Waals surface area (Å²) in [4.78, 5) is 1.79. The van der Waals surface area contributed by atoms with Gasteiger partial charge in [-0.05, 0) is 48.9 Å². The van der Waals surface area contributed by atoms with Crippen LogP contribution in [0.15, 0.2) is 36.4 Å². The summed E-state index contributed by atoms with van der Waals surface area (Å²) >= 11 is 0. The number of nitrogens with two attached hydrogens (primary N) is 1. The maximum absolute atomic E-state index is 13.3. The minimum Gasteiger partial charge on any atom is -0.397 e. The van der Waals surface area contributed by atoms with Gasteiger partial charge in [-0.15, -0.1) is 0 Å². The molecule has 0 saturated heterocycles. The Morgan fingerprint density at radius 3 is 2.28 bits per heavy atom. The Balaban J connectivity index is 2.42. The lowest BCUT2D eigenvalue weighted by molar-refractivity contribution is 0.619. The maximum Gasteiger partial charge on any atom is 0.128 e. The van der Waals surface area contributed by atoms with E-state index in [1.165, 1.54) is 18.2 Å². The Morgan fingerprint density at radius 1 is 1.06 bits per heavy atom. The van der Waals surface area contributed by atoms with Crippen molar-refractivity contribution in [3.05, 3.63) is 53.6 Å². The summed E-state index contributed by atoms with van der Waals surface area (Å²) in [6, 6.07) is 9.01. The molecule has 0 aromatic heterocycles. The van der Waals surface area contributed by atoms with Crippen LogP contribution < -0.4 is 10.6 Å². The number of anilines is 3. The maximum atomic E-state index is 13.3. The van der Waals surface area contributed by atoms with Gasteiger partial charge in [-0.25, -0.2) is 8.78 Å². The van der Waals surface area contributed by atoms with Gasteiger partial charge in [-0.1, -0.05) is 0 Å². The van der Waals surface area contributed by atoms with E-state index in [-0.39, 0.29) is 11.6 Å². The monoisotopic (exact) mass is 248 g/mol. The highest BCUT2D eigenvalue weighted by molar-refractivity contribution is 5.75. The molecule has 0 fully saturated rings. The summed E-state index contributed by atoms with van der Waals surface area (Å²) in [5.41, 5.74) is 8.16. The molecular weight excluding hydrogens is 234 g/mol. The number of benzene rings is 2. The fraction of sp³-hybridized carbons (Fsp3) is 0.143. The van der Waals surface area contributed by atoms with E-state index in [2.05, 4.69) is 0 Å². The van der Waals surface area contributed by atoms with Crippen molar-refractivity contribution < 1.29 is 8.78 Å². The molecule has 0 amide bonds. The first-order chi connectivity index (χ1) is 8.49. The van der Waals surface area contributed by atoms with Crippen molar-refractivity contribution >= 4 is 17.1 Å². The minimum absolute atomic E-state index is 0.296. The van der Waals surface area contributed by atoms with Crippen LogP contribution in [0.4, 0.5) is 25.8 Å². The zero-order chi connectivity index (χ0) is 13.3. The summed E-state index contributed by atoms with van der Waals surface area (Å²) in [5.74, 6) is -0.626. The number of hydrogen-bond donors (Lipinski definition) is 1. The van der Waals surface area contributed by atoms with E-state index in [1.807, 2.05) is 0 Å². The highest BCUT2D eigenvalue weighted by Crippen LogP contribution is 2.30. The van der Waals surface area contributed by atoms with E-state index in [9.17, 15) is 8.78 Å². The molecule has 0 aliphatic carbocycles. The van der Waals surface area contributed by atoms with Gasteiger partial charge in [0, 0.05) is 12.7 Å². The average Bonchev–Trinajstić information content (AvgIpc) is 2.34. The van der Waals surface area contributed by atoms with Crippen LogP contribution in [0.1, 0.15) is 5.56 Å². The Hall–Kier alpha value is -2.10. The van der Waals surface area contributed by atoms with Crippen molar-refractivity contribution in [2.24, 2.45) is 0 Å². The topological polar surface area (TPSA) is 29.3 Å². The first-order valence-electron chi connectivity index (χ1n) is 5.54. The van der Waals surface area contributed by atoms with Crippen LogP contribution in [0, 0.1) is 18.6 Å². The number of rotatable bonds is 2. The number of aryl methyl sites for hydroxylation is 1. The quantitative estimate of drug-likeness (QED) is 0.822. The van der Waals surface area contributed by atoms with Gasteiger partial charge >= 0.3 is 0 Å². The third kappa shape index (κ3) is 2.27. The van der Waals surface area contributed by atoms with Crippen LogP contribution in [0.2, 0.25) is 0 Å². The highest BCUT2D eigenvalue weighted by atomic mass is 19.1. The second-order valence-electron chi connectivity index (χ2n) is 4.20. The molecule has 0 bridgehead atoms. The van der Waals surface area contributed by atoms with Gasteiger partial charge in [-0.2, -0.15) is 0 Å². The van der Waals surface area contributed by atoms with Crippen LogP contribution >= 0.6 is 0 Å². The molecule has 0 heterocycles. The lowest BCUT2D eigenvalue weighted by Crippen LogP contribution is -2.12. The second-order valence-corrected chi connectivity index (χ2v) is 4.20. The molecule has 0 spiro atoms. The molecule has 18 heavy (non-hydrogen) atoms. The Morgan fingerprint density at radius 2 is 1.67 bits per heavy atom. The molecule has 0 aliphatic heterocycles. The van der Waals surface area contributed by atoms with Gasteiger partial charge in [0.05, 0.1) is 11.4 Å². The van der Waals surface area contributed by atoms with Crippen molar-refractivity contribution in [2.75, 3.05) is 17.7 Å². The van der Waals surface area contributed by atoms with Crippen molar-refractivity contribution in [3.8, 4) is 0 Å². The number of nitrogen functional groups attached to an aromatic ring is 1. The smallest absolute Gasteiger partial charge is 0.128 e. The Bertz CT molecular complexity index is 565. The van der Waals surface area contributed by atoms with E-state index in [4.69, 9.17) is 5.73 Å². The van der Waals surface area contributed by atoms with E-state index >= 15 is 0 Å². The lowest BCUT2D eigenvalue weighted by atomic mass is 10.1. The molecule has 2 rings (SSSR count). The van der Waals surface area contributed by atoms with Crippen molar-refractivity contribution in [3.63, 3.8) is 0 Å². The molecular formula is C14H14F2N2. The first kappa shape index (κ1) is 12.4. The summed E-state index contributed by atoms with van der Waals surface area (Å²) in [6.07, 6.45) is 0. The molecule has 0 aliphatic rings. The van der Waals surface area contributed by atoms with E-state index in [0.717, 1.165) is 5.69 Å². The molecule has 4 heteroatoms. The summed E-state index contributed by atoms with van der Waals surface area (Å²) in [6.45, 7) is 1.68. The number of nitrogens with zero attached hydrogens (tertiary/aromatic N) is 1. The molecule has 0 saturated carbocycles. The molecule has 0 unspecified atom stereocenters. The van der Waals surface area contributed by atoms with Gasteiger partial charge in [0.25, 0.3) is 0 Å². The van der Waals surface area contributed by atoms with Gasteiger partial charge < -0.3 is 10.6 Å². The van der Waals surface area contributed by atoms with E-state index in [0.29, 0.717) is 16.9 Å². The van der Waals surface area contributed by atoms with Crippen LogP contribution in [0.3, 0.4) is 0 Å². The highest BCUT2D eigenvalue weighted by Gasteiger charge is 2.10. The Labute approximate surface area is 105 Å².